The van der Waals surface area contributed by atoms with Gasteiger partial charge in [0, 0.05) is 0 Å². The summed E-state index contributed by atoms with van der Waals surface area (Å²) in [6.45, 7) is 5.06. The van der Waals surface area contributed by atoms with E-state index in [4.69, 9.17) is 9.84 Å². The summed E-state index contributed by atoms with van der Waals surface area (Å²) in [6.07, 6.45) is -2.51. The van der Waals surface area contributed by atoms with E-state index in [-0.39, 0.29) is 6.61 Å². The molecule has 2 heterocycles. The molecule has 2 rings (SSSR count). The van der Waals surface area contributed by atoms with Crippen molar-refractivity contribution in [1.29, 1.82) is 0 Å². The Bertz CT molecular complexity index is 382. The molecule has 2 aliphatic heterocycles. The van der Waals surface area contributed by atoms with Crippen LogP contribution in [0.15, 0.2) is 22.4 Å². The molecule has 7 nitrogen and oxygen atoms in total. The van der Waals surface area contributed by atoms with Crippen molar-refractivity contribution in [3.8, 4) is 0 Å². The predicted octanol–water partition coefficient (Wildman–Crippen LogP) is -1.34. The molecule has 0 aromatic rings. The Morgan fingerprint density at radius 3 is 2.71 bits per heavy atom. The number of aliphatic hydroxyl groups excluding tert-OH is 3. The summed E-state index contributed by atoms with van der Waals surface area (Å²) in [4.78, 5) is 9.43. The molecule has 2 aliphatic rings. The molecule has 1 fully saturated rings. The Labute approximate surface area is 98.4 Å². The zero-order valence-electron chi connectivity index (χ0n) is 9.39. The molecule has 3 N–H and O–H groups in total. The minimum absolute atomic E-state index is 0.367. The average Bonchev–Trinajstić information content (AvgIpc) is 2.57. The molecule has 0 amide bonds. The Balaban J connectivity index is 2.15. The second-order valence-electron chi connectivity index (χ2n) is 3.96. The molecular formula is C10H15N3O4. The van der Waals surface area contributed by atoms with E-state index in [1.54, 1.807) is 6.92 Å². The van der Waals surface area contributed by atoms with Crippen molar-refractivity contribution in [2.45, 2.75) is 31.5 Å². The lowest BCUT2D eigenvalue weighted by Crippen LogP contribution is -2.43. The summed E-state index contributed by atoms with van der Waals surface area (Å²) in [7, 11) is 0. The molecule has 0 radical (unpaired) electrons. The van der Waals surface area contributed by atoms with Crippen molar-refractivity contribution in [2.75, 3.05) is 6.61 Å². The van der Waals surface area contributed by atoms with E-state index in [9.17, 15) is 10.2 Å². The standard InChI is InChI=1S/C10H15N3O4/c1-5-11-4-13(6(2)12-5)10-9(16)8(15)7(3-14)17-10/h4,7-10,14-16H,2-3H2,1H3/t7-,8?,9+,10-/m1/s1. The lowest BCUT2D eigenvalue weighted by Gasteiger charge is -2.29. The summed E-state index contributed by atoms with van der Waals surface area (Å²) in [6, 6.07) is 0. The largest absolute Gasteiger partial charge is 0.394 e. The van der Waals surface area contributed by atoms with Crippen molar-refractivity contribution < 1.29 is 20.1 Å². The molecule has 94 valence electrons. The van der Waals surface area contributed by atoms with Crippen molar-refractivity contribution >= 4 is 12.2 Å². The average molecular weight is 241 g/mol. The van der Waals surface area contributed by atoms with Gasteiger partial charge in [0.05, 0.1) is 6.61 Å². The molecule has 7 heteroatoms. The first-order valence-electron chi connectivity index (χ1n) is 5.23. The van der Waals surface area contributed by atoms with Crippen molar-refractivity contribution in [3.05, 3.63) is 12.4 Å². The maximum Gasteiger partial charge on any atom is 0.165 e. The van der Waals surface area contributed by atoms with E-state index in [0.29, 0.717) is 11.7 Å². The molecule has 1 unspecified atom stereocenters. The van der Waals surface area contributed by atoms with Crippen molar-refractivity contribution in [3.63, 3.8) is 0 Å². The number of ether oxygens (including phenoxy) is 1. The van der Waals surface area contributed by atoms with E-state index in [0.717, 1.165) is 0 Å². The first-order chi connectivity index (χ1) is 8.04. The topological polar surface area (TPSA) is 97.9 Å². The van der Waals surface area contributed by atoms with Gasteiger partial charge in [-0.3, -0.25) is 4.90 Å². The second-order valence-corrected chi connectivity index (χ2v) is 3.96. The van der Waals surface area contributed by atoms with E-state index < -0.39 is 24.5 Å². The smallest absolute Gasteiger partial charge is 0.165 e. The summed E-state index contributed by atoms with van der Waals surface area (Å²) in [5.74, 6) is 0.922. The zero-order valence-corrected chi connectivity index (χ0v) is 9.39. The molecular weight excluding hydrogens is 226 g/mol. The molecule has 0 aromatic carbocycles. The van der Waals surface area contributed by atoms with Gasteiger partial charge in [0.15, 0.2) is 6.23 Å². The molecule has 17 heavy (non-hydrogen) atoms. The van der Waals surface area contributed by atoms with Gasteiger partial charge in [-0.05, 0) is 6.92 Å². The van der Waals surface area contributed by atoms with E-state index in [1.807, 2.05) is 0 Å². The SMILES string of the molecule is C=C1N=C(C)N=CN1[C@@H]1O[C@H](CO)C(O)[C@@H]1O. The first kappa shape index (κ1) is 12.2. The third-order valence-electron chi connectivity index (χ3n) is 2.75. The highest BCUT2D eigenvalue weighted by Crippen LogP contribution is 2.26. The molecule has 1 saturated heterocycles. The van der Waals surface area contributed by atoms with Crippen LogP contribution in [0.5, 0.6) is 0 Å². The molecule has 0 aromatic heterocycles. The van der Waals surface area contributed by atoms with Crippen LogP contribution in [0.3, 0.4) is 0 Å². The third-order valence-corrected chi connectivity index (χ3v) is 2.75. The maximum absolute atomic E-state index is 9.82. The lowest BCUT2D eigenvalue weighted by atomic mass is 10.1. The Kier molecular flexibility index (Phi) is 3.25. The number of amidine groups is 1. The third kappa shape index (κ3) is 2.09. The van der Waals surface area contributed by atoms with E-state index in [1.165, 1.54) is 11.2 Å². The fourth-order valence-electron chi connectivity index (χ4n) is 1.81. The molecule has 0 spiro atoms. The Morgan fingerprint density at radius 2 is 2.18 bits per heavy atom. The highest BCUT2D eigenvalue weighted by atomic mass is 16.6. The molecule has 0 saturated carbocycles. The highest BCUT2D eigenvalue weighted by Gasteiger charge is 2.45. The number of aliphatic hydroxyl groups is 3. The van der Waals surface area contributed by atoms with Gasteiger partial charge in [-0.1, -0.05) is 6.58 Å². The van der Waals surface area contributed by atoms with Gasteiger partial charge < -0.3 is 20.1 Å². The Morgan fingerprint density at radius 1 is 1.47 bits per heavy atom. The second kappa shape index (κ2) is 4.53. The van der Waals surface area contributed by atoms with Gasteiger partial charge in [0.1, 0.15) is 36.3 Å². The summed E-state index contributed by atoms with van der Waals surface area (Å²) < 4.78 is 5.33. The van der Waals surface area contributed by atoms with Crippen LogP contribution in [-0.4, -0.2) is 63.5 Å². The van der Waals surface area contributed by atoms with Crippen LogP contribution < -0.4 is 0 Å². The number of hydrogen-bond acceptors (Lipinski definition) is 7. The number of rotatable bonds is 2. The number of hydrogen-bond donors (Lipinski definition) is 3. The zero-order chi connectivity index (χ0) is 12.6. The van der Waals surface area contributed by atoms with Crippen LogP contribution >= 0.6 is 0 Å². The van der Waals surface area contributed by atoms with Gasteiger partial charge in [-0.2, -0.15) is 0 Å². The van der Waals surface area contributed by atoms with E-state index >= 15 is 0 Å². The normalized spacial score (nSPS) is 37.5. The minimum atomic E-state index is -1.15. The van der Waals surface area contributed by atoms with Crippen LogP contribution in [0.2, 0.25) is 0 Å². The van der Waals surface area contributed by atoms with Crippen LogP contribution in [0.25, 0.3) is 0 Å². The summed E-state index contributed by atoms with van der Waals surface area (Å²) >= 11 is 0. The van der Waals surface area contributed by atoms with E-state index in [2.05, 4.69) is 16.6 Å². The number of nitrogens with zero attached hydrogens (tertiary/aromatic N) is 3. The predicted molar refractivity (Wildman–Crippen MR) is 60.3 cm³/mol. The first-order valence-corrected chi connectivity index (χ1v) is 5.23. The quantitative estimate of drug-likeness (QED) is 0.556. The van der Waals surface area contributed by atoms with Crippen LogP contribution in [0, 0.1) is 0 Å². The minimum Gasteiger partial charge on any atom is -0.394 e. The van der Waals surface area contributed by atoms with Gasteiger partial charge in [0.25, 0.3) is 0 Å². The van der Waals surface area contributed by atoms with Gasteiger partial charge >= 0.3 is 0 Å². The highest BCUT2D eigenvalue weighted by molar-refractivity contribution is 5.90. The van der Waals surface area contributed by atoms with Gasteiger partial charge in [-0.25, -0.2) is 9.98 Å². The molecule has 0 bridgehead atoms. The molecule has 4 atom stereocenters. The van der Waals surface area contributed by atoms with Gasteiger partial charge in [-0.15, -0.1) is 0 Å². The number of aliphatic imine (C=N–C) groups is 2. The van der Waals surface area contributed by atoms with Crippen molar-refractivity contribution in [1.82, 2.24) is 4.90 Å². The lowest BCUT2D eigenvalue weighted by molar-refractivity contribution is -0.0607. The van der Waals surface area contributed by atoms with Gasteiger partial charge in [0.2, 0.25) is 0 Å². The monoisotopic (exact) mass is 241 g/mol. The molecule has 0 aliphatic carbocycles. The Hall–Kier alpha value is -1.28. The summed E-state index contributed by atoms with van der Waals surface area (Å²) in [5.41, 5.74) is 0. The van der Waals surface area contributed by atoms with Crippen molar-refractivity contribution in [2.24, 2.45) is 9.98 Å². The van der Waals surface area contributed by atoms with Crippen LogP contribution in [0.1, 0.15) is 6.92 Å². The fourth-order valence-corrected chi connectivity index (χ4v) is 1.81. The van der Waals surface area contributed by atoms with Crippen LogP contribution in [-0.2, 0) is 4.74 Å². The maximum atomic E-state index is 9.82. The summed E-state index contributed by atoms with van der Waals surface area (Å²) in [5, 5.41) is 28.4. The van der Waals surface area contributed by atoms with Crippen LogP contribution in [0.4, 0.5) is 0 Å². The fraction of sp³-hybridized carbons (Fsp3) is 0.600.